The van der Waals surface area contributed by atoms with Crippen molar-refractivity contribution in [2.24, 2.45) is 17.6 Å². The molecule has 0 radical (unpaired) electrons. The molecule has 2 rings (SSSR count). The molecule has 2 N–H and O–H groups in total. The normalized spacial score (nSPS) is 32.7. The standard InChI is InChI=1S/C14H26BNO3/c1-13(2)14(3,4)19-15(18-13)9-8-10-6-5-7-11(10)12(16)17/h10-11H,5-9H2,1-4H3,(H2,16,17). The highest BCUT2D eigenvalue weighted by molar-refractivity contribution is 6.45. The Labute approximate surface area is 116 Å². The monoisotopic (exact) mass is 267 g/mol. The van der Waals surface area contributed by atoms with E-state index >= 15 is 0 Å². The van der Waals surface area contributed by atoms with E-state index in [0.717, 1.165) is 32.0 Å². The molecule has 2 aliphatic rings. The van der Waals surface area contributed by atoms with Crippen molar-refractivity contribution in [3.8, 4) is 0 Å². The summed E-state index contributed by atoms with van der Waals surface area (Å²) in [7, 11) is -0.154. The highest BCUT2D eigenvalue weighted by atomic mass is 16.7. The molecule has 0 aromatic carbocycles. The summed E-state index contributed by atoms with van der Waals surface area (Å²) < 4.78 is 12.0. The Morgan fingerprint density at radius 2 is 1.79 bits per heavy atom. The fourth-order valence-electron chi connectivity index (χ4n) is 3.19. The Hall–Kier alpha value is -0.545. The van der Waals surface area contributed by atoms with E-state index in [0.29, 0.717) is 5.92 Å². The molecule has 0 spiro atoms. The lowest BCUT2D eigenvalue weighted by molar-refractivity contribution is -0.122. The molecule has 1 saturated heterocycles. The van der Waals surface area contributed by atoms with Gasteiger partial charge in [0.15, 0.2) is 0 Å². The molecule has 2 atom stereocenters. The summed E-state index contributed by atoms with van der Waals surface area (Å²) >= 11 is 0. The lowest BCUT2D eigenvalue weighted by atomic mass is 9.77. The van der Waals surface area contributed by atoms with Gasteiger partial charge in [-0.25, -0.2) is 0 Å². The third-order valence-electron chi connectivity index (χ3n) is 5.10. The van der Waals surface area contributed by atoms with Crippen molar-refractivity contribution in [2.75, 3.05) is 0 Å². The fraction of sp³-hybridized carbons (Fsp3) is 0.929. The highest BCUT2D eigenvalue weighted by Gasteiger charge is 2.50. The average molecular weight is 267 g/mol. The van der Waals surface area contributed by atoms with E-state index in [1.807, 2.05) is 0 Å². The van der Waals surface area contributed by atoms with Gasteiger partial charge < -0.3 is 15.0 Å². The van der Waals surface area contributed by atoms with Gasteiger partial charge in [-0.15, -0.1) is 0 Å². The zero-order valence-electron chi connectivity index (χ0n) is 12.6. The summed E-state index contributed by atoms with van der Waals surface area (Å²) in [6.07, 6.45) is 4.98. The predicted octanol–water partition coefficient (Wildman–Crippen LogP) is 2.37. The maximum absolute atomic E-state index is 11.4. The van der Waals surface area contributed by atoms with Crippen molar-refractivity contribution in [2.45, 2.75) is 70.9 Å². The van der Waals surface area contributed by atoms with Gasteiger partial charge in [0, 0.05) is 5.92 Å². The minimum absolute atomic E-state index is 0.0578. The molecule has 2 unspecified atom stereocenters. The van der Waals surface area contributed by atoms with Crippen LogP contribution in [0.1, 0.15) is 53.4 Å². The molecule has 19 heavy (non-hydrogen) atoms. The molecule has 5 heteroatoms. The van der Waals surface area contributed by atoms with Crippen LogP contribution in [-0.4, -0.2) is 24.2 Å². The van der Waals surface area contributed by atoms with Crippen LogP contribution in [0.25, 0.3) is 0 Å². The van der Waals surface area contributed by atoms with E-state index in [1.54, 1.807) is 0 Å². The Morgan fingerprint density at radius 1 is 1.21 bits per heavy atom. The van der Waals surface area contributed by atoms with Crippen molar-refractivity contribution in [3.05, 3.63) is 0 Å². The highest BCUT2D eigenvalue weighted by Crippen LogP contribution is 2.40. The second kappa shape index (κ2) is 5.10. The molecule has 0 aromatic rings. The molecule has 1 saturated carbocycles. The van der Waals surface area contributed by atoms with Crippen molar-refractivity contribution >= 4 is 13.0 Å². The van der Waals surface area contributed by atoms with Crippen LogP contribution in [0.15, 0.2) is 0 Å². The first-order valence-corrected chi connectivity index (χ1v) is 7.38. The van der Waals surface area contributed by atoms with Crippen LogP contribution in [-0.2, 0) is 14.1 Å². The van der Waals surface area contributed by atoms with Gasteiger partial charge in [-0.1, -0.05) is 12.8 Å². The number of amides is 1. The summed E-state index contributed by atoms with van der Waals surface area (Å²) in [5, 5.41) is 0. The van der Waals surface area contributed by atoms with Gasteiger partial charge in [-0.05, 0) is 52.8 Å². The first kappa shape index (κ1) is 14.9. The van der Waals surface area contributed by atoms with E-state index in [2.05, 4.69) is 27.7 Å². The second-order valence-electron chi connectivity index (χ2n) is 6.96. The Balaban J connectivity index is 1.86. The summed E-state index contributed by atoms with van der Waals surface area (Å²) in [5.74, 6) is 0.329. The largest absolute Gasteiger partial charge is 0.457 e. The molecular weight excluding hydrogens is 241 g/mol. The number of nitrogens with two attached hydrogens (primary N) is 1. The third-order valence-corrected chi connectivity index (χ3v) is 5.10. The number of carbonyl (C=O) groups is 1. The summed E-state index contributed by atoms with van der Waals surface area (Å²) in [4.78, 5) is 11.4. The SMILES string of the molecule is CC1(C)OB(CCC2CCCC2C(N)=O)OC1(C)C. The molecule has 2 fully saturated rings. The van der Waals surface area contributed by atoms with Crippen LogP contribution >= 0.6 is 0 Å². The van der Waals surface area contributed by atoms with E-state index in [-0.39, 0.29) is 30.1 Å². The van der Waals surface area contributed by atoms with Gasteiger partial charge >= 0.3 is 7.12 Å². The van der Waals surface area contributed by atoms with E-state index in [1.165, 1.54) is 0 Å². The Kier molecular flexibility index (Phi) is 3.98. The third kappa shape index (κ3) is 2.97. The number of primary amides is 1. The molecule has 1 amide bonds. The Bertz CT molecular complexity index is 341. The summed E-state index contributed by atoms with van der Waals surface area (Å²) in [6.45, 7) is 8.26. The van der Waals surface area contributed by atoms with Gasteiger partial charge in [0.05, 0.1) is 11.2 Å². The minimum Gasteiger partial charge on any atom is -0.403 e. The number of hydrogen-bond acceptors (Lipinski definition) is 3. The maximum Gasteiger partial charge on any atom is 0.457 e. The molecule has 0 bridgehead atoms. The summed E-state index contributed by atoms with van der Waals surface area (Å²) in [6, 6.07) is 0. The van der Waals surface area contributed by atoms with Gasteiger partial charge in [0.2, 0.25) is 5.91 Å². The average Bonchev–Trinajstić information content (AvgIpc) is 2.79. The fourth-order valence-corrected chi connectivity index (χ4v) is 3.19. The van der Waals surface area contributed by atoms with Crippen LogP contribution < -0.4 is 5.73 Å². The van der Waals surface area contributed by atoms with Crippen LogP contribution in [0.5, 0.6) is 0 Å². The number of rotatable bonds is 4. The van der Waals surface area contributed by atoms with Crippen molar-refractivity contribution in [1.29, 1.82) is 0 Å². The van der Waals surface area contributed by atoms with Crippen molar-refractivity contribution in [1.82, 2.24) is 0 Å². The van der Waals surface area contributed by atoms with Crippen LogP contribution in [0.4, 0.5) is 0 Å². The lowest BCUT2D eigenvalue weighted by Crippen LogP contribution is -2.41. The first-order valence-electron chi connectivity index (χ1n) is 7.38. The van der Waals surface area contributed by atoms with Crippen molar-refractivity contribution in [3.63, 3.8) is 0 Å². The maximum atomic E-state index is 11.4. The second-order valence-corrected chi connectivity index (χ2v) is 6.96. The Morgan fingerprint density at radius 3 is 2.32 bits per heavy atom. The zero-order chi connectivity index (χ0) is 14.3. The zero-order valence-corrected chi connectivity index (χ0v) is 12.6. The van der Waals surface area contributed by atoms with Gasteiger partial charge in [-0.2, -0.15) is 0 Å². The van der Waals surface area contributed by atoms with E-state index in [4.69, 9.17) is 15.0 Å². The first-order chi connectivity index (χ1) is 8.73. The lowest BCUT2D eigenvalue weighted by Gasteiger charge is -2.32. The van der Waals surface area contributed by atoms with Crippen molar-refractivity contribution < 1.29 is 14.1 Å². The molecule has 1 aliphatic carbocycles. The predicted molar refractivity (Wildman–Crippen MR) is 75.5 cm³/mol. The number of carbonyl (C=O) groups excluding carboxylic acids is 1. The number of hydrogen-bond donors (Lipinski definition) is 1. The summed E-state index contributed by atoms with van der Waals surface area (Å²) in [5.41, 5.74) is 4.92. The molecule has 1 aliphatic heterocycles. The smallest absolute Gasteiger partial charge is 0.403 e. The molecule has 0 aromatic heterocycles. The molecular formula is C14H26BNO3. The van der Waals surface area contributed by atoms with Gasteiger partial charge in [-0.3, -0.25) is 4.79 Å². The van der Waals surface area contributed by atoms with Crippen LogP contribution in [0, 0.1) is 11.8 Å². The van der Waals surface area contributed by atoms with Crippen LogP contribution in [0.3, 0.4) is 0 Å². The van der Waals surface area contributed by atoms with E-state index in [9.17, 15) is 4.79 Å². The van der Waals surface area contributed by atoms with Gasteiger partial charge in [0.1, 0.15) is 0 Å². The molecule has 108 valence electrons. The minimum atomic E-state index is -0.267. The quantitative estimate of drug-likeness (QED) is 0.795. The molecule has 1 heterocycles. The van der Waals surface area contributed by atoms with Crippen LogP contribution in [0.2, 0.25) is 6.32 Å². The topological polar surface area (TPSA) is 61.5 Å². The van der Waals surface area contributed by atoms with E-state index < -0.39 is 0 Å². The van der Waals surface area contributed by atoms with Gasteiger partial charge in [0.25, 0.3) is 0 Å². The molecule has 4 nitrogen and oxygen atoms in total.